The van der Waals surface area contributed by atoms with Crippen molar-refractivity contribution >= 4 is 5.82 Å². The Balaban J connectivity index is 1.55. The molecule has 3 aromatic rings. The van der Waals surface area contributed by atoms with Crippen LogP contribution in [0.4, 0.5) is 10.2 Å². The van der Waals surface area contributed by atoms with Crippen molar-refractivity contribution in [3.63, 3.8) is 0 Å². The standard InChI is InChI=1S/C23H29FN6O/c1-4-23(2)10-6-5-7-18(21(23)24)29(3)20-14-26-22(28-27-20)17-9-8-16(13-19(17)31)30-12-11-25-15-30/h8-9,11-15,18,21,31H,4-7,10H2,1-3H3/t18-,21-,23+/m1/s1. The number of anilines is 1. The summed E-state index contributed by atoms with van der Waals surface area (Å²) in [5.74, 6) is 0.912. The number of alkyl halides is 1. The molecular formula is C23H29FN6O. The van der Waals surface area contributed by atoms with Crippen molar-refractivity contribution < 1.29 is 9.50 Å². The van der Waals surface area contributed by atoms with Gasteiger partial charge in [-0.05, 0) is 31.4 Å². The van der Waals surface area contributed by atoms with Gasteiger partial charge in [0.05, 0.1) is 29.8 Å². The summed E-state index contributed by atoms with van der Waals surface area (Å²) in [6.45, 7) is 4.11. The third kappa shape index (κ3) is 4.11. The molecule has 1 aliphatic carbocycles. The van der Waals surface area contributed by atoms with E-state index in [1.807, 2.05) is 24.9 Å². The normalized spacial score (nSPS) is 24.0. The van der Waals surface area contributed by atoms with Crippen molar-refractivity contribution in [2.45, 2.75) is 58.2 Å². The molecule has 2 heterocycles. The molecule has 0 spiro atoms. The van der Waals surface area contributed by atoms with E-state index in [4.69, 9.17) is 0 Å². The predicted octanol–water partition coefficient (Wildman–Crippen LogP) is 4.56. The number of benzene rings is 1. The number of aromatic nitrogens is 5. The van der Waals surface area contributed by atoms with Crippen LogP contribution >= 0.6 is 0 Å². The highest BCUT2D eigenvalue weighted by molar-refractivity contribution is 5.66. The summed E-state index contributed by atoms with van der Waals surface area (Å²) in [4.78, 5) is 10.3. The smallest absolute Gasteiger partial charge is 0.185 e. The van der Waals surface area contributed by atoms with Crippen molar-refractivity contribution in [3.05, 3.63) is 43.1 Å². The van der Waals surface area contributed by atoms with Crippen molar-refractivity contribution in [3.8, 4) is 22.8 Å². The third-order valence-corrected chi connectivity index (χ3v) is 6.74. The topological polar surface area (TPSA) is 80.0 Å². The Hall–Kier alpha value is -3.03. The molecule has 4 rings (SSSR count). The Bertz CT molecular complexity index is 1010. The van der Waals surface area contributed by atoms with Crippen LogP contribution in [0, 0.1) is 5.41 Å². The number of hydrogen-bond acceptors (Lipinski definition) is 6. The van der Waals surface area contributed by atoms with Gasteiger partial charge in [0.25, 0.3) is 0 Å². The monoisotopic (exact) mass is 424 g/mol. The molecule has 0 aliphatic heterocycles. The minimum absolute atomic E-state index is 0.0559. The van der Waals surface area contributed by atoms with E-state index in [0.29, 0.717) is 17.2 Å². The maximum Gasteiger partial charge on any atom is 0.185 e. The maximum atomic E-state index is 15.5. The van der Waals surface area contributed by atoms with Crippen LogP contribution in [-0.4, -0.2) is 49.1 Å². The predicted molar refractivity (Wildman–Crippen MR) is 118 cm³/mol. The number of rotatable bonds is 5. The van der Waals surface area contributed by atoms with Gasteiger partial charge in [0.2, 0.25) is 0 Å². The lowest BCUT2D eigenvalue weighted by molar-refractivity contribution is 0.0925. The Morgan fingerprint density at radius 1 is 1.29 bits per heavy atom. The molecule has 1 fully saturated rings. The molecular weight excluding hydrogens is 395 g/mol. The molecule has 1 N–H and O–H groups in total. The molecule has 1 aliphatic rings. The van der Waals surface area contributed by atoms with Crippen molar-refractivity contribution in [2.24, 2.45) is 5.41 Å². The lowest BCUT2D eigenvalue weighted by atomic mass is 9.77. The van der Waals surface area contributed by atoms with Crippen LogP contribution in [0.2, 0.25) is 0 Å². The first-order valence-electron chi connectivity index (χ1n) is 10.8. The van der Waals surface area contributed by atoms with Gasteiger partial charge in [-0.3, -0.25) is 0 Å². The molecule has 1 aromatic carbocycles. The van der Waals surface area contributed by atoms with E-state index < -0.39 is 6.17 Å². The fraction of sp³-hybridized carbons (Fsp3) is 0.478. The summed E-state index contributed by atoms with van der Waals surface area (Å²) < 4.78 is 17.3. The Morgan fingerprint density at radius 3 is 2.77 bits per heavy atom. The van der Waals surface area contributed by atoms with Gasteiger partial charge in [-0.1, -0.05) is 26.7 Å². The summed E-state index contributed by atoms with van der Waals surface area (Å²) in [6, 6.07) is 4.98. The van der Waals surface area contributed by atoms with E-state index in [2.05, 4.69) is 27.1 Å². The average Bonchev–Trinajstić information content (AvgIpc) is 3.28. The van der Waals surface area contributed by atoms with Crippen LogP contribution in [0.3, 0.4) is 0 Å². The zero-order valence-electron chi connectivity index (χ0n) is 18.2. The van der Waals surface area contributed by atoms with Crippen LogP contribution in [0.25, 0.3) is 17.1 Å². The molecule has 0 bridgehead atoms. The highest BCUT2D eigenvalue weighted by atomic mass is 19.1. The van der Waals surface area contributed by atoms with Gasteiger partial charge < -0.3 is 14.6 Å². The maximum absolute atomic E-state index is 15.5. The molecule has 3 atom stereocenters. The van der Waals surface area contributed by atoms with Crippen LogP contribution < -0.4 is 4.90 Å². The molecule has 7 nitrogen and oxygen atoms in total. The van der Waals surface area contributed by atoms with E-state index in [9.17, 15) is 5.11 Å². The fourth-order valence-electron chi connectivity index (χ4n) is 4.40. The van der Waals surface area contributed by atoms with Gasteiger partial charge in [-0.25, -0.2) is 14.4 Å². The highest BCUT2D eigenvalue weighted by Gasteiger charge is 2.41. The molecule has 2 aromatic heterocycles. The second-order valence-electron chi connectivity index (χ2n) is 8.64. The zero-order valence-corrected chi connectivity index (χ0v) is 18.2. The minimum Gasteiger partial charge on any atom is -0.507 e. The molecule has 164 valence electrons. The van der Waals surface area contributed by atoms with Gasteiger partial charge in [-0.15, -0.1) is 10.2 Å². The van der Waals surface area contributed by atoms with Gasteiger partial charge in [0.15, 0.2) is 11.6 Å². The number of nitrogens with zero attached hydrogens (tertiary/aromatic N) is 6. The Labute approximate surface area is 182 Å². The lowest BCUT2D eigenvalue weighted by Gasteiger charge is -2.38. The van der Waals surface area contributed by atoms with Crippen LogP contribution in [-0.2, 0) is 0 Å². The van der Waals surface area contributed by atoms with Crippen LogP contribution in [0.15, 0.2) is 43.1 Å². The quantitative estimate of drug-likeness (QED) is 0.605. The summed E-state index contributed by atoms with van der Waals surface area (Å²) >= 11 is 0. The second-order valence-corrected chi connectivity index (χ2v) is 8.64. The number of imidazole rings is 1. The molecule has 31 heavy (non-hydrogen) atoms. The molecule has 8 heteroatoms. The largest absolute Gasteiger partial charge is 0.507 e. The molecule has 0 amide bonds. The summed E-state index contributed by atoms with van der Waals surface area (Å²) in [5.41, 5.74) is 0.949. The second kappa shape index (κ2) is 8.61. The van der Waals surface area contributed by atoms with Crippen LogP contribution in [0.5, 0.6) is 5.75 Å². The number of aromatic hydroxyl groups is 1. The third-order valence-electron chi connectivity index (χ3n) is 6.74. The van der Waals surface area contributed by atoms with E-state index in [-0.39, 0.29) is 17.2 Å². The minimum atomic E-state index is -0.939. The van der Waals surface area contributed by atoms with E-state index in [1.165, 1.54) is 0 Å². The van der Waals surface area contributed by atoms with Gasteiger partial charge in [-0.2, -0.15) is 0 Å². The van der Waals surface area contributed by atoms with Gasteiger partial charge >= 0.3 is 0 Å². The van der Waals surface area contributed by atoms with E-state index in [0.717, 1.165) is 37.8 Å². The SMILES string of the molecule is CC[C@@]1(C)CCCC[C@@H](N(C)c2cnc(-c3ccc(-n4ccnc4)cc3O)nn2)[C@H]1F. The first-order chi connectivity index (χ1) is 14.9. The molecule has 0 saturated heterocycles. The first-order valence-corrected chi connectivity index (χ1v) is 10.8. The van der Waals surface area contributed by atoms with Crippen LogP contribution in [0.1, 0.15) is 46.0 Å². The van der Waals surface area contributed by atoms with Crippen molar-refractivity contribution in [2.75, 3.05) is 11.9 Å². The highest BCUT2D eigenvalue weighted by Crippen LogP contribution is 2.41. The summed E-state index contributed by atoms with van der Waals surface area (Å²) in [5, 5.41) is 19.0. The van der Waals surface area contributed by atoms with E-state index >= 15 is 4.39 Å². The van der Waals surface area contributed by atoms with Crippen molar-refractivity contribution in [1.29, 1.82) is 0 Å². The Kier molecular flexibility index (Phi) is 5.89. The molecule has 0 unspecified atom stereocenters. The summed E-state index contributed by atoms with van der Waals surface area (Å²) in [7, 11) is 1.86. The Morgan fingerprint density at radius 2 is 2.13 bits per heavy atom. The average molecular weight is 425 g/mol. The fourth-order valence-corrected chi connectivity index (χ4v) is 4.40. The number of halogens is 1. The number of phenolic OH excluding ortho intramolecular Hbond substituents is 1. The molecule has 0 radical (unpaired) electrons. The zero-order chi connectivity index (χ0) is 22.0. The van der Waals surface area contributed by atoms with Gasteiger partial charge in [0, 0.05) is 30.9 Å². The lowest BCUT2D eigenvalue weighted by Crippen LogP contribution is -2.46. The number of phenols is 1. The first kappa shape index (κ1) is 21.2. The van der Waals surface area contributed by atoms with Crippen molar-refractivity contribution in [1.82, 2.24) is 24.7 Å². The number of hydrogen-bond donors (Lipinski definition) is 1. The van der Waals surface area contributed by atoms with Gasteiger partial charge in [0.1, 0.15) is 11.9 Å². The van der Waals surface area contributed by atoms with E-state index in [1.54, 1.807) is 41.6 Å². The molecule has 1 saturated carbocycles. The summed E-state index contributed by atoms with van der Waals surface area (Å²) in [6.07, 6.45) is 10.4.